The molecule has 0 aliphatic heterocycles. The van der Waals surface area contributed by atoms with Crippen molar-refractivity contribution >= 4 is 34.2 Å². The molecule has 21 heavy (non-hydrogen) atoms. The Kier molecular flexibility index (Phi) is 5.86. The van der Waals surface area contributed by atoms with Gasteiger partial charge in [-0.25, -0.2) is 5.43 Å². The molecule has 0 fully saturated rings. The van der Waals surface area contributed by atoms with E-state index in [0.29, 0.717) is 10.8 Å². The molecule has 0 bridgehead atoms. The quantitative estimate of drug-likeness (QED) is 0.428. The van der Waals surface area contributed by atoms with E-state index >= 15 is 0 Å². The molecule has 0 amide bonds. The molecule has 0 aliphatic rings. The lowest BCUT2D eigenvalue weighted by Gasteiger charge is -2.20. The molecule has 0 saturated carbocycles. The minimum atomic E-state index is -0.233. The number of hydrazine groups is 1. The van der Waals surface area contributed by atoms with Crippen molar-refractivity contribution in [2.45, 2.75) is 25.9 Å². The van der Waals surface area contributed by atoms with Gasteiger partial charge >= 0.3 is 0 Å². The van der Waals surface area contributed by atoms with E-state index in [4.69, 9.17) is 22.2 Å². The monoisotopic (exact) mass is 420 g/mol. The summed E-state index contributed by atoms with van der Waals surface area (Å²) in [7, 11) is 1.63. The minimum absolute atomic E-state index is 0.233. The fourth-order valence-corrected chi connectivity index (χ4v) is 2.77. The predicted molar refractivity (Wildman–Crippen MR) is 92.4 cm³/mol. The Labute approximate surface area is 142 Å². The Bertz CT molecular complexity index is 617. The van der Waals surface area contributed by atoms with E-state index in [0.717, 1.165) is 27.8 Å². The summed E-state index contributed by atoms with van der Waals surface area (Å²) in [5.41, 5.74) is 4.71. The van der Waals surface area contributed by atoms with Crippen molar-refractivity contribution in [1.82, 2.24) is 15.2 Å². The van der Waals surface area contributed by atoms with Crippen LogP contribution in [0.1, 0.15) is 30.6 Å². The first kappa shape index (κ1) is 16.5. The number of hydrogen-bond donors (Lipinski definition) is 2. The molecule has 1 atom stereocenters. The predicted octanol–water partition coefficient (Wildman–Crippen LogP) is 3.11. The van der Waals surface area contributed by atoms with Gasteiger partial charge < -0.3 is 4.74 Å². The molecule has 1 heterocycles. The minimum Gasteiger partial charge on any atom is -0.493 e. The number of aryl methyl sites for hydroxylation is 1. The van der Waals surface area contributed by atoms with Crippen LogP contribution in [-0.2, 0) is 6.54 Å². The standard InChI is InChI=1S/C14H18ClIN4O/c1-3-6-20-14(12(21-2)8-18-20)13(19-17)9-4-5-11(16)10(15)7-9/h4-5,7-8,13,19H,3,6,17H2,1-2H3. The van der Waals surface area contributed by atoms with Crippen LogP contribution in [0, 0.1) is 3.57 Å². The van der Waals surface area contributed by atoms with Crippen molar-refractivity contribution in [3.8, 4) is 5.75 Å². The van der Waals surface area contributed by atoms with E-state index in [1.807, 2.05) is 22.9 Å². The third-order valence-electron chi connectivity index (χ3n) is 3.22. The third-order valence-corrected chi connectivity index (χ3v) is 4.79. The molecule has 7 heteroatoms. The molecular formula is C14H18ClIN4O. The molecule has 1 aromatic carbocycles. The van der Waals surface area contributed by atoms with Crippen LogP contribution in [0.25, 0.3) is 0 Å². The number of rotatable bonds is 6. The maximum atomic E-state index is 6.22. The fraction of sp³-hybridized carbons (Fsp3) is 0.357. The van der Waals surface area contributed by atoms with Gasteiger partial charge in [-0.15, -0.1) is 0 Å². The van der Waals surface area contributed by atoms with Gasteiger partial charge in [-0.3, -0.25) is 10.5 Å². The highest BCUT2D eigenvalue weighted by Gasteiger charge is 2.23. The van der Waals surface area contributed by atoms with Gasteiger partial charge in [-0.2, -0.15) is 5.10 Å². The van der Waals surface area contributed by atoms with E-state index in [9.17, 15) is 0 Å². The van der Waals surface area contributed by atoms with Gasteiger partial charge in [0.1, 0.15) is 5.69 Å². The largest absolute Gasteiger partial charge is 0.493 e. The van der Waals surface area contributed by atoms with Crippen LogP contribution in [0.5, 0.6) is 5.75 Å². The lowest BCUT2D eigenvalue weighted by atomic mass is 10.0. The summed E-state index contributed by atoms with van der Waals surface area (Å²) in [5, 5.41) is 5.08. The number of aromatic nitrogens is 2. The van der Waals surface area contributed by atoms with E-state index in [1.54, 1.807) is 13.3 Å². The zero-order chi connectivity index (χ0) is 15.4. The van der Waals surface area contributed by atoms with Crippen molar-refractivity contribution in [2.75, 3.05) is 7.11 Å². The van der Waals surface area contributed by atoms with E-state index in [2.05, 4.69) is 40.0 Å². The Morgan fingerprint density at radius 1 is 1.52 bits per heavy atom. The summed E-state index contributed by atoms with van der Waals surface area (Å²) in [5.74, 6) is 6.49. The summed E-state index contributed by atoms with van der Waals surface area (Å²) in [6, 6.07) is 5.65. The van der Waals surface area contributed by atoms with Gasteiger partial charge in [0, 0.05) is 10.1 Å². The molecule has 2 aromatic rings. The summed E-state index contributed by atoms with van der Waals surface area (Å²) in [6.07, 6.45) is 2.69. The van der Waals surface area contributed by atoms with E-state index in [1.165, 1.54) is 0 Å². The number of halogens is 2. The number of hydrogen-bond acceptors (Lipinski definition) is 4. The van der Waals surface area contributed by atoms with Crippen LogP contribution >= 0.6 is 34.2 Å². The summed E-state index contributed by atoms with van der Waals surface area (Å²) < 4.78 is 8.33. The van der Waals surface area contributed by atoms with Crippen molar-refractivity contribution in [3.05, 3.63) is 44.2 Å². The van der Waals surface area contributed by atoms with Crippen LogP contribution < -0.4 is 16.0 Å². The molecule has 0 spiro atoms. The normalized spacial score (nSPS) is 12.4. The van der Waals surface area contributed by atoms with Gasteiger partial charge in [0.25, 0.3) is 0 Å². The third kappa shape index (κ3) is 3.50. The van der Waals surface area contributed by atoms with Crippen LogP contribution in [0.2, 0.25) is 5.02 Å². The molecule has 2 rings (SSSR count). The molecule has 3 N–H and O–H groups in total. The number of nitrogens with zero attached hydrogens (tertiary/aromatic N) is 2. The molecule has 5 nitrogen and oxygen atoms in total. The molecule has 0 aliphatic carbocycles. The first-order valence-electron chi connectivity index (χ1n) is 6.63. The van der Waals surface area contributed by atoms with Crippen molar-refractivity contribution in [1.29, 1.82) is 0 Å². The number of nitrogens with one attached hydrogen (secondary N) is 1. The van der Waals surface area contributed by atoms with Crippen molar-refractivity contribution in [2.24, 2.45) is 5.84 Å². The topological polar surface area (TPSA) is 65.1 Å². The Morgan fingerprint density at radius 2 is 2.29 bits per heavy atom. The van der Waals surface area contributed by atoms with Crippen LogP contribution in [0.3, 0.4) is 0 Å². The highest BCUT2D eigenvalue weighted by Crippen LogP contribution is 2.32. The SMILES string of the molecule is CCCn1ncc(OC)c1C(NN)c1ccc(I)c(Cl)c1. The lowest BCUT2D eigenvalue weighted by molar-refractivity contribution is 0.398. The van der Waals surface area contributed by atoms with Crippen LogP contribution in [0.15, 0.2) is 24.4 Å². The van der Waals surface area contributed by atoms with Crippen molar-refractivity contribution < 1.29 is 4.74 Å². The highest BCUT2D eigenvalue weighted by molar-refractivity contribution is 14.1. The number of methoxy groups -OCH3 is 1. The average molecular weight is 421 g/mol. The fourth-order valence-electron chi connectivity index (χ4n) is 2.24. The van der Waals surface area contributed by atoms with Crippen LogP contribution in [0.4, 0.5) is 0 Å². The molecule has 1 unspecified atom stereocenters. The second kappa shape index (κ2) is 7.44. The Balaban J connectivity index is 2.49. The van der Waals surface area contributed by atoms with E-state index in [-0.39, 0.29) is 6.04 Å². The Hall–Kier alpha value is -0.830. The lowest BCUT2D eigenvalue weighted by Crippen LogP contribution is -2.31. The maximum absolute atomic E-state index is 6.22. The average Bonchev–Trinajstić information content (AvgIpc) is 2.87. The molecule has 0 radical (unpaired) electrons. The Morgan fingerprint density at radius 3 is 2.86 bits per heavy atom. The zero-order valence-electron chi connectivity index (χ0n) is 11.9. The van der Waals surface area contributed by atoms with Crippen LogP contribution in [-0.4, -0.2) is 16.9 Å². The molecule has 114 valence electrons. The van der Waals surface area contributed by atoms with E-state index < -0.39 is 0 Å². The summed E-state index contributed by atoms with van der Waals surface area (Å²) >= 11 is 8.42. The van der Waals surface area contributed by atoms with Gasteiger partial charge in [0.05, 0.1) is 24.4 Å². The zero-order valence-corrected chi connectivity index (χ0v) is 14.9. The number of nitrogens with two attached hydrogens (primary N) is 1. The van der Waals surface area contributed by atoms with Gasteiger partial charge in [0.15, 0.2) is 5.75 Å². The molecular weight excluding hydrogens is 403 g/mol. The summed E-state index contributed by atoms with van der Waals surface area (Å²) in [4.78, 5) is 0. The highest BCUT2D eigenvalue weighted by atomic mass is 127. The van der Waals surface area contributed by atoms with Gasteiger partial charge in [-0.1, -0.05) is 24.6 Å². The molecule has 1 aromatic heterocycles. The molecule has 0 saturated heterocycles. The van der Waals surface area contributed by atoms with Gasteiger partial charge in [0.2, 0.25) is 0 Å². The van der Waals surface area contributed by atoms with Crippen molar-refractivity contribution in [3.63, 3.8) is 0 Å². The first-order valence-corrected chi connectivity index (χ1v) is 8.08. The second-order valence-corrected chi connectivity index (χ2v) is 6.16. The summed E-state index contributed by atoms with van der Waals surface area (Å²) in [6.45, 7) is 2.90. The van der Waals surface area contributed by atoms with Gasteiger partial charge in [-0.05, 0) is 46.7 Å². The second-order valence-electron chi connectivity index (χ2n) is 4.59. The first-order chi connectivity index (χ1) is 10.1. The maximum Gasteiger partial charge on any atom is 0.161 e. The smallest absolute Gasteiger partial charge is 0.161 e. The number of benzene rings is 1. The number of ether oxygens (including phenoxy) is 1.